The van der Waals surface area contributed by atoms with Gasteiger partial charge in [-0.25, -0.2) is 4.79 Å². The van der Waals surface area contributed by atoms with Gasteiger partial charge in [0.1, 0.15) is 17.8 Å². The summed E-state index contributed by atoms with van der Waals surface area (Å²) in [5, 5.41) is 38.7. The predicted molar refractivity (Wildman–Crippen MR) is 126 cm³/mol. The van der Waals surface area contributed by atoms with Crippen LogP contribution in [0.5, 0.6) is 5.75 Å². The molecule has 198 valence electrons. The molecule has 1 aliphatic heterocycles. The van der Waals surface area contributed by atoms with E-state index in [4.69, 9.17) is 5.73 Å². The summed E-state index contributed by atoms with van der Waals surface area (Å²) in [6, 6.07) is 1.39. The lowest BCUT2D eigenvalue weighted by atomic mass is 10.0. The summed E-state index contributed by atoms with van der Waals surface area (Å²) in [6.45, 7) is 1.84. The van der Waals surface area contributed by atoms with Gasteiger partial charge in [-0.15, -0.1) is 0 Å². The molecule has 4 amide bonds. The third-order valence-corrected chi connectivity index (χ3v) is 5.74. The Morgan fingerprint density at radius 1 is 1.06 bits per heavy atom. The summed E-state index contributed by atoms with van der Waals surface area (Å²) in [5.74, 6) is -4.29. The van der Waals surface area contributed by atoms with E-state index < -0.39 is 59.9 Å². The van der Waals surface area contributed by atoms with Crippen molar-refractivity contribution in [3.8, 4) is 5.75 Å². The van der Waals surface area contributed by atoms with Gasteiger partial charge in [0.25, 0.3) is 0 Å². The quantitative estimate of drug-likeness (QED) is 0.146. The Balaban J connectivity index is 2.22. The van der Waals surface area contributed by atoms with Gasteiger partial charge in [0.05, 0.1) is 12.1 Å². The lowest BCUT2D eigenvalue weighted by Crippen LogP contribution is -2.58. The number of carbonyl (C=O) groups excluding carboxylic acids is 4. The average molecular weight is 508 g/mol. The largest absolute Gasteiger partial charge is 0.508 e. The highest BCUT2D eigenvalue weighted by Gasteiger charge is 2.32. The van der Waals surface area contributed by atoms with Gasteiger partial charge < -0.3 is 42.3 Å². The van der Waals surface area contributed by atoms with Crippen LogP contribution in [0.4, 0.5) is 0 Å². The molecular weight excluding hydrogens is 474 g/mol. The first-order valence-corrected chi connectivity index (χ1v) is 11.6. The molecule has 36 heavy (non-hydrogen) atoms. The molecule has 0 saturated carbocycles. The number of phenolic OH excluding ortho intramolecular Hbond substituents is 1. The molecule has 0 radical (unpaired) electrons. The van der Waals surface area contributed by atoms with Crippen molar-refractivity contribution in [3.63, 3.8) is 0 Å². The predicted octanol–water partition coefficient (Wildman–Crippen LogP) is -2.13. The normalized spacial score (nSPS) is 18.3. The third kappa shape index (κ3) is 8.82. The first-order valence-electron chi connectivity index (χ1n) is 11.6. The maximum atomic E-state index is 13.2. The highest BCUT2D eigenvalue weighted by molar-refractivity contribution is 5.94. The van der Waals surface area contributed by atoms with E-state index in [1.54, 1.807) is 12.1 Å². The van der Waals surface area contributed by atoms with E-state index in [1.165, 1.54) is 19.1 Å². The van der Waals surface area contributed by atoms with Gasteiger partial charge in [0, 0.05) is 12.8 Å². The molecule has 13 heteroatoms. The van der Waals surface area contributed by atoms with Crippen molar-refractivity contribution in [2.24, 2.45) is 5.73 Å². The van der Waals surface area contributed by atoms with Crippen LogP contribution in [0.1, 0.15) is 38.2 Å². The van der Waals surface area contributed by atoms with Gasteiger partial charge >= 0.3 is 5.97 Å². The van der Waals surface area contributed by atoms with E-state index in [1.807, 2.05) is 0 Å². The minimum Gasteiger partial charge on any atom is -0.508 e. The Morgan fingerprint density at radius 3 is 2.22 bits per heavy atom. The van der Waals surface area contributed by atoms with Crippen molar-refractivity contribution in [2.45, 2.75) is 69.3 Å². The van der Waals surface area contributed by atoms with Crippen LogP contribution in [-0.2, 0) is 30.4 Å². The summed E-state index contributed by atoms with van der Waals surface area (Å²) in [4.78, 5) is 61.4. The van der Waals surface area contributed by atoms with Crippen LogP contribution in [0, 0.1) is 0 Å². The maximum absolute atomic E-state index is 13.2. The molecule has 0 aliphatic carbocycles. The lowest BCUT2D eigenvalue weighted by Gasteiger charge is -2.26. The number of benzene rings is 1. The van der Waals surface area contributed by atoms with Crippen LogP contribution in [-0.4, -0.2) is 81.7 Å². The van der Waals surface area contributed by atoms with E-state index >= 15 is 0 Å². The SMILES string of the molecule is CC(O)C(NC(=O)C(CCC(N)=O)NC(=O)C(Cc1ccc(O)cc1)NC(=O)C1CCCN1)C(=O)O. The zero-order valence-corrected chi connectivity index (χ0v) is 19.9. The van der Waals surface area contributed by atoms with Crippen molar-refractivity contribution in [3.05, 3.63) is 29.8 Å². The van der Waals surface area contributed by atoms with E-state index in [9.17, 15) is 39.3 Å². The van der Waals surface area contributed by atoms with Crippen molar-refractivity contribution < 1.29 is 39.3 Å². The molecule has 0 spiro atoms. The maximum Gasteiger partial charge on any atom is 0.328 e. The molecule has 5 atom stereocenters. The summed E-state index contributed by atoms with van der Waals surface area (Å²) in [6.07, 6.45) is -0.524. The number of nitrogens with one attached hydrogen (secondary N) is 4. The monoisotopic (exact) mass is 507 g/mol. The van der Waals surface area contributed by atoms with E-state index in [0.717, 1.165) is 6.42 Å². The second-order valence-electron chi connectivity index (χ2n) is 8.71. The van der Waals surface area contributed by atoms with Crippen molar-refractivity contribution in [1.29, 1.82) is 0 Å². The molecule has 1 fully saturated rings. The Kier molecular flexibility index (Phi) is 10.6. The summed E-state index contributed by atoms with van der Waals surface area (Å²) < 4.78 is 0. The third-order valence-electron chi connectivity index (χ3n) is 5.74. The molecule has 0 aromatic heterocycles. The first-order chi connectivity index (χ1) is 17.0. The molecule has 1 saturated heterocycles. The van der Waals surface area contributed by atoms with Crippen LogP contribution in [0.15, 0.2) is 24.3 Å². The summed E-state index contributed by atoms with van der Waals surface area (Å²) in [5.41, 5.74) is 5.79. The van der Waals surface area contributed by atoms with Crippen LogP contribution < -0.4 is 27.0 Å². The van der Waals surface area contributed by atoms with Crippen molar-refractivity contribution >= 4 is 29.6 Å². The van der Waals surface area contributed by atoms with Crippen LogP contribution >= 0.6 is 0 Å². The minimum absolute atomic E-state index is 0.0215. The topological polar surface area (TPSA) is 220 Å². The molecule has 9 N–H and O–H groups in total. The number of aromatic hydroxyl groups is 1. The Labute approximate surface area is 207 Å². The number of primary amides is 1. The van der Waals surface area contributed by atoms with Crippen LogP contribution in [0.2, 0.25) is 0 Å². The number of aliphatic hydroxyl groups is 1. The zero-order valence-electron chi connectivity index (χ0n) is 19.9. The van der Waals surface area contributed by atoms with Gasteiger partial charge in [-0.2, -0.15) is 0 Å². The van der Waals surface area contributed by atoms with E-state index in [0.29, 0.717) is 18.5 Å². The van der Waals surface area contributed by atoms with Crippen molar-refractivity contribution in [1.82, 2.24) is 21.3 Å². The molecule has 2 rings (SSSR count). The number of hydrogen-bond acceptors (Lipinski definition) is 8. The van der Waals surface area contributed by atoms with Gasteiger partial charge in [0.2, 0.25) is 23.6 Å². The van der Waals surface area contributed by atoms with Gasteiger partial charge in [-0.1, -0.05) is 12.1 Å². The van der Waals surface area contributed by atoms with E-state index in [-0.39, 0.29) is 25.0 Å². The number of phenols is 1. The number of aliphatic carboxylic acids is 1. The molecule has 5 unspecified atom stereocenters. The van der Waals surface area contributed by atoms with Crippen LogP contribution in [0.3, 0.4) is 0 Å². The fourth-order valence-corrected chi connectivity index (χ4v) is 3.73. The van der Waals surface area contributed by atoms with Crippen LogP contribution in [0.25, 0.3) is 0 Å². The molecule has 0 bridgehead atoms. The van der Waals surface area contributed by atoms with Gasteiger partial charge in [-0.05, 0) is 50.4 Å². The summed E-state index contributed by atoms with van der Waals surface area (Å²) in [7, 11) is 0. The number of carboxylic acid groups (broad SMARTS) is 1. The second-order valence-corrected chi connectivity index (χ2v) is 8.71. The Morgan fingerprint density at radius 2 is 1.69 bits per heavy atom. The zero-order chi connectivity index (χ0) is 26.8. The fraction of sp³-hybridized carbons (Fsp3) is 0.522. The summed E-state index contributed by atoms with van der Waals surface area (Å²) >= 11 is 0. The molecule has 1 aromatic rings. The average Bonchev–Trinajstić information content (AvgIpc) is 3.35. The lowest BCUT2D eigenvalue weighted by molar-refractivity contribution is -0.145. The highest BCUT2D eigenvalue weighted by Crippen LogP contribution is 2.13. The number of rotatable bonds is 13. The number of carbonyl (C=O) groups is 5. The number of hydrogen-bond donors (Lipinski definition) is 8. The molecule has 13 nitrogen and oxygen atoms in total. The second kappa shape index (κ2) is 13.4. The molecule has 1 aliphatic rings. The molecule has 1 aromatic carbocycles. The van der Waals surface area contributed by atoms with Gasteiger partial charge in [-0.3, -0.25) is 19.2 Å². The number of aliphatic hydroxyl groups excluding tert-OH is 1. The smallest absolute Gasteiger partial charge is 0.328 e. The molecule has 1 heterocycles. The number of carboxylic acids is 1. The fourth-order valence-electron chi connectivity index (χ4n) is 3.73. The Bertz CT molecular complexity index is 946. The van der Waals surface area contributed by atoms with Gasteiger partial charge in [0.15, 0.2) is 6.04 Å². The minimum atomic E-state index is -1.65. The van der Waals surface area contributed by atoms with E-state index in [2.05, 4.69) is 21.3 Å². The highest BCUT2D eigenvalue weighted by atomic mass is 16.4. The standard InChI is InChI=1S/C23H33N5O8/c1-12(29)19(23(35)36)28-21(33)16(8-9-18(24)31)26-22(34)17(11-13-4-6-14(30)7-5-13)27-20(32)15-3-2-10-25-15/h4-7,12,15-17,19,25,29-30H,2-3,8-11H2,1H3,(H2,24,31)(H,26,34)(H,27,32)(H,28,33)(H,35,36). The first kappa shape index (κ1) is 28.5. The van der Waals surface area contributed by atoms with Crippen molar-refractivity contribution in [2.75, 3.05) is 6.54 Å². The Hall–Kier alpha value is -3.71. The number of nitrogens with two attached hydrogens (primary N) is 1. The number of amides is 4. The molecular formula is C23H33N5O8.